The third-order valence-electron chi connectivity index (χ3n) is 2.39. The molecule has 1 unspecified atom stereocenters. The van der Waals surface area contributed by atoms with Crippen LogP contribution < -0.4 is 10.1 Å². The lowest BCUT2D eigenvalue weighted by atomic mass is 10.1. The number of aryl methyl sites for hydroxylation is 1. The van der Waals surface area contributed by atoms with Crippen molar-refractivity contribution in [1.82, 2.24) is 0 Å². The molecular formula is C11H15NO. The van der Waals surface area contributed by atoms with Crippen molar-refractivity contribution in [2.45, 2.75) is 13.8 Å². The van der Waals surface area contributed by atoms with Crippen molar-refractivity contribution in [2.75, 3.05) is 18.5 Å². The van der Waals surface area contributed by atoms with E-state index in [0.717, 1.165) is 24.6 Å². The molecule has 2 nitrogen and oxygen atoms in total. The maximum Gasteiger partial charge on any atom is 0.142 e. The zero-order chi connectivity index (χ0) is 9.26. The Labute approximate surface area is 78.9 Å². The van der Waals surface area contributed by atoms with E-state index in [0.29, 0.717) is 5.92 Å². The number of para-hydroxylation sites is 1. The van der Waals surface area contributed by atoms with Gasteiger partial charge < -0.3 is 10.1 Å². The Morgan fingerprint density at radius 1 is 1.46 bits per heavy atom. The van der Waals surface area contributed by atoms with Gasteiger partial charge in [-0.3, -0.25) is 0 Å². The van der Waals surface area contributed by atoms with Crippen LogP contribution >= 0.6 is 0 Å². The number of hydrogen-bond donors (Lipinski definition) is 1. The maximum atomic E-state index is 5.68. The Morgan fingerprint density at radius 2 is 2.31 bits per heavy atom. The molecule has 0 saturated heterocycles. The predicted octanol–water partition coefficient (Wildman–Crippen LogP) is 2.44. The van der Waals surface area contributed by atoms with Crippen LogP contribution in [-0.4, -0.2) is 13.2 Å². The Bertz CT molecular complexity index is 309. The molecule has 1 atom stereocenters. The van der Waals surface area contributed by atoms with Gasteiger partial charge in [0.2, 0.25) is 0 Å². The van der Waals surface area contributed by atoms with Crippen LogP contribution in [0.25, 0.3) is 0 Å². The van der Waals surface area contributed by atoms with Crippen molar-refractivity contribution in [3.63, 3.8) is 0 Å². The average Bonchev–Trinajstić information content (AvgIpc) is 2.30. The van der Waals surface area contributed by atoms with Crippen molar-refractivity contribution in [3.8, 4) is 5.75 Å². The molecule has 0 spiro atoms. The first-order valence-electron chi connectivity index (χ1n) is 4.73. The van der Waals surface area contributed by atoms with Gasteiger partial charge in [0.25, 0.3) is 0 Å². The molecule has 1 aliphatic heterocycles. The lowest BCUT2D eigenvalue weighted by Crippen LogP contribution is -2.13. The van der Waals surface area contributed by atoms with Gasteiger partial charge >= 0.3 is 0 Å². The van der Waals surface area contributed by atoms with Gasteiger partial charge in [-0.25, -0.2) is 0 Å². The molecule has 0 fully saturated rings. The summed E-state index contributed by atoms with van der Waals surface area (Å²) in [6.07, 6.45) is 0. The Kier molecular flexibility index (Phi) is 2.13. The minimum Gasteiger partial charge on any atom is -0.491 e. The zero-order valence-corrected chi connectivity index (χ0v) is 8.13. The molecule has 1 heterocycles. The van der Waals surface area contributed by atoms with Crippen LogP contribution in [0.2, 0.25) is 0 Å². The first kappa shape index (κ1) is 8.42. The Hall–Kier alpha value is -1.18. The summed E-state index contributed by atoms with van der Waals surface area (Å²) in [4.78, 5) is 0. The van der Waals surface area contributed by atoms with E-state index in [9.17, 15) is 0 Å². The third-order valence-corrected chi connectivity index (χ3v) is 2.39. The zero-order valence-electron chi connectivity index (χ0n) is 8.13. The molecule has 0 radical (unpaired) electrons. The van der Waals surface area contributed by atoms with Crippen LogP contribution in [-0.2, 0) is 0 Å². The average molecular weight is 177 g/mol. The molecule has 1 aromatic rings. The highest BCUT2D eigenvalue weighted by Crippen LogP contribution is 2.30. The number of anilines is 1. The van der Waals surface area contributed by atoms with Crippen molar-refractivity contribution >= 4 is 5.69 Å². The van der Waals surface area contributed by atoms with E-state index in [1.165, 1.54) is 5.56 Å². The highest BCUT2D eigenvalue weighted by Gasteiger charge is 2.13. The van der Waals surface area contributed by atoms with Gasteiger partial charge in [0, 0.05) is 12.5 Å². The van der Waals surface area contributed by atoms with Crippen LogP contribution in [0.5, 0.6) is 5.75 Å². The van der Waals surface area contributed by atoms with E-state index < -0.39 is 0 Å². The van der Waals surface area contributed by atoms with Crippen molar-refractivity contribution < 1.29 is 4.74 Å². The predicted molar refractivity (Wildman–Crippen MR) is 54.3 cm³/mol. The van der Waals surface area contributed by atoms with Crippen LogP contribution in [0.1, 0.15) is 12.5 Å². The fourth-order valence-corrected chi connectivity index (χ4v) is 1.55. The number of hydrogen-bond acceptors (Lipinski definition) is 2. The largest absolute Gasteiger partial charge is 0.491 e. The smallest absolute Gasteiger partial charge is 0.142 e. The highest BCUT2D eigenvalue weighted by atomic mass is 16.5. The molecule has 0 amide bonds. The number of rotatable bonds is 0. The first-order chi connectivity index (χ1) is 6.27. The summed E-state index contributed by atoms with van der Waals surface area (Å²) in [5.74, 6) is 1.57. The quantitative estimate of drug-likeness (QED) is 0.657. The van der Waals surface area contributed by atoms with Crippen LogP contribution in [0, 0.1) is 12.8 Å². The van der Waals surface area contributed by atoms with E-state index >= 15 is 0 Å². The summed E-state index contributed by atoms with van der Waals surface area (Å²) in [6, 6.07) is 6.16. The number of fused-ring (bicyclic) bond motifs is 1. The topological polar surface area (TPSA) is 21.3 Å². The molecule has 1 aliphatic rings. The molecule has 0 aromatic heterocycles. The van der Waals surface area contributed by atoms with Gasteiger partial charge in [0.1, 0.15) is 5.75 Å². The first-order valence-corrected chi connectivity index (χ1v) is 4.73. The van der Waals surface area contributed by atoms with Crippen molar-refractivity contribution in [3.05, 3.63) is 23.8 Å². The Morgan fingerprint density at radius 3 is 3.15 bits per heavy atom. The number of ether oxygens (including phenoxy) is 1. The molecule has 70 valence electrons. The molecule has 0 bridgehead atoms. The fourth-order valence-electron chi connectivity index (χ4n) is 1.55. The standard InChI is InChI=1S/C11H15NO/c1-8-6-12-11-9(2)4-3-5-10(11)13-7-8/h3-5,8,12H,6-7H2,1-2H3. The van der Waals surface area contributed by atoms with E-state index in [2.05, 4.69) is 25.2 Å². The van der Waals surface area contributed by atoms with Gasteiger partial charge in [-0.2, -0.15) is 0 Å². The SMILES string of the molecule is Cc1cccc2c1NCC(C)CO2. The van der Waals surface area contributed by atoms with Crippen LogP contribution in [0.4, 0.5) is 5.69 Å². The summed E-state index contributed by atoms with van der Waals surface area (Å²) >= 11 is 0. The summed E-state index contributed by atoms with van der Waals surface area (Å²) < 4.78 is 5.68. The molecule has 1 N–H and O–H groups in total. The fraction of sp³-hybridized carbons (Fsp3) is 0.455. The highest BCUT2D eigenvalue weighted by molar-refractivity contribution is 5.62. The molecular weight excluding hydrogens is 162 g/mol. The normalized spacial score (nSPS) is 20.9. The van der Waals surface area contributed by atoms with Crippen LogP contribution in [0.15, 0.2) is 18.2 Å². The van der Waals surface area contributed by atoms with Crippen molar-refractivity contribution in [1.29, 1.82) is 0 Å². The lowest BCUT2D eigenvalue weighted by Gasteiger charge is -2.09. The van der Waals surface area contributed by atoms with Gasteiger partial charge in [0.05, 0.1) is 12.3 Å². The molecule has 2 heteroatoms. The Balaban J connectivity index is 2.35. The van der Waals surface area contributed by atoms with E-state index in [1.807, 2.05) is 12.1 Å². The summed E-state index contributed by atoms with van der Waals surface area (Å²) in [5, 5.41) is 3.42. The molecule has 0 aliphatic carbocycles. The molecule has 0 saturated carbocycles. The van der Waals surface area contributed by atoms with E-state index in [4.69, 9.17) is 4.74 Å². The minimum absolute atomic E-state index is 0.576. The van der Waals surface area contributed by atoms with E-state index in [-0.39, 0.29) is 0 Å². The lowest BCUT2D eigenvalue weighted by molar-refractivity contribution is 0.275. The van der Waals surface area contributed by atoms with Gasteiger partial charge in [0.15, 0.2) is 0 Å². The maximum absolute atomic E-state index is 5.68. The summed E-state index contributed by atoms with van der Waals surface area (Å²) in [5.41, 5.74) is 2.42. The summed E-state index contributed by atoms with van der Waals surface area (Å²) in [7, 11) is 0. The number of benzene rings is 1. The van der Waals surface area contributed by atoms with Crippen molar-refractivity contribution in [2.24, 2.45) is 5.92 Å². The van der Waals surface area contributed by atoms with Crippen LogP contribution in [0.3, 0.4) is 0 Å². The number of nitrogens with one attached hydrogen (secondary N) is 1. The molecule has 13 heavy (non-hydrogen) atoms. The summed E-state index contributed by atoms with van der Waals surface area (Å²) in [6.45, 7) is 6.10. The molecule has 2 rings (SSSR count). The monoisotopic (exact) mass is 177 g/mol. The second-order valence-corrected chi connectivity index (χ2v) is 3.75. The molecule has 1 aromatic carbocycles. The second kappa shape index (κ2) is 3.29. The second-order valence-electron chi connectivity index (χ2n) is 3.75. The van der Waals surface area contributed by atoms with Gasteiger partial charge in [-0.1, -0.05) is 19.1 Å². The van der Waals surface area contributed by atoms with E-state index in [1.54, 1.807) is 0 Å². The minimum atomic E-state index is 0.576. The third kappa shape index (κ3) is 1.62. The van der Waals surface area contributed by atoms with Gasteiger partial charge in [-0.05, 0) is 18.6 Å². The van der Waals surface area contributed by atoms with Gasteiger partial charge in [-0.15, -0.1) is 0 Å².